The van der Waals surface area contributed by atoms with Gasteiger partial charge in [0.1, 0.15) is 0 Å². The number of hydrogen-bond donors (Lipinski definition) is 0. The molecule has 1 saturated heterocycles. The molecule has 1 aliphatic heterocycles. The highest BCUT2D eigenvalue weighted by Gasteiger charge is 2.54. The molecule has 1 heterocycles. The van der Waals surface area contributed by atoms with E-state index in [1.54, 1.807) is 12.1 Å². The Kier molecular flexibility index (Phi) is 2.54. The smallest absolute Gasteiger partial charge is 0.269 e. The van der Waals surface area contributed by atoms with Crippen LogP contribution < -0.4 is 4.90 Å². The summed E-state index contributed by atoms with van der Waals surface area (Å²) in [6.45, 7) is 3.26. The molecule has 20 heavy (non-hydrogen) atoms. The summed E-state index contributed by atoms with van der Waals surface area (Å²) in [4.78, 5) is 15.5. The number of nitro benzene ring substituents is 1. The molecule has 3 aliphatic rings. The van der Waals surface area contributed by atoms with E-state index in [0.29, 0.717) is 5.54 Å². The van der Waals surface area contributed by atoms with Gasteiger partial charge < -0.3 is 4.90 Å². The number of nitrogens with zero attached hydrogens (tertiary/aromatic N) is 3. The average molecular weight is 273 g/mol. The summed E-state index contributed by atoms with van der Waals surface area (Å²) in [6, 6.07) is 7.85. The molecular formula is C15H19N3O2. The fraction of sp³-hybridized carbons (Fsp3) is 0.600. The predicted molar refractivity (Wildman–Crippen MR) is 77.0 cm³/mol. The van der Waals surface area contributed by atoms with Gasteiger partial charge in [-0.1, -0.05) is 0 Å². The Labute approximate surface area is 118 Å². The van der Waals surface area contributed by atoms with Crippen molar-refractivity contribution in [3.8, 4) is 0 Å². The van der Waals surface area contributed by atoms with Gasteiger partial charge in [0.2, 0.25) is 0 Å². The summed E-state index contributed by atoms with van der Waals surface area (Å²) in [5.74, 6) is 0. The predicted octanol–water partition coefficient (Wildman–Crippen LogP) is 2.41. The molecule has 1 aromatic rings. The van der Waals surface area contributed by atoms with Gasteiger partial charge in [-0.2, -0.15) is 0 Å². The molecule has 2 saturated carbocycles. The summed E-state index contributed by atoms with van der Waals surface area (Å²) in [7, 11) is 0. The maximum absolute atomic E-state index is 10.7. The van der Waals surface area contributed by atoms with E-state index in [2.05, 4.69) is 9.80 Å². The van der Waals surface area contributed by atoms with Crippen LogP contribution in [0.5, 0.6) is 0 Å². The summed E-state index contributed by atoms with van der Waals surface area (Å²) in [5.41, 5.74) is 1.71. The largest absolute Gasteiger partial charge is 0.368 e. The second kappa shape index (κ2) is 4.19. The number of non-ortho nitro benzene ring substituents is 1. The Morgan fingerprint density at radius 2 is 1.85 bits per heavy atom. The molecule has 0 amide bonds. The molecule has 0 unspecified atom stereocenters. The zero-order valence-electron chi connectivity index (χ0n) is 11.5. The van der Waals surface area contributed by atoms with Crippen molar-refractivity contribution in [2.45, 2.75) is 37.3 Å². The van der Waals surface area contributed by atoms with E-state index in [1.807, 2.05) is 12.1 Å². The van der Waals surface area contributed by atoms with Gasteiger partial charge in [-0.15, -0.1) is 0 Å². The molecule has 0 atom stereocenters. The summed E-state index contributed by atoms with van der Waals surface area (Å²) >= 11 is 0. The van der Waals surface area contributed by atoms with Crippen LogP contribution >= 0.6 is 0 Å². The standard InChI is InChI=1S/C15H19N3O2/c19-18(20)14-5-1-12(2-6-14)16-9-10-17(13-3-4-13)15(11-16)7-8-15/h1-2,5-6,13H,3-4,7-11H2. The number of hydrogen-bond acceptors (Lipinski definition) is 4. The first kappa shape index (κ1) is 12.1. The van der Waals surface area contributed by atoms with Crippen molar-refractivity contribution in [1.82, 2.24) is 4.90 Å². The third-order valence-corrected chi connectivity index (χ3v) is 4.95. The number of anilines is 1. The van der Waals surface area contributed by atoms with Crippen LogP contribution in [0.4, 0.5) is 11.4 Å². The highest BCUT2D eigenvalue weighted by molar-refractivity contribution is 5.52. The molecule has 0 aromatic heterocycles. The van der Waals surface area contributed by atoms with Gasteiger partial charge in [-0.25, -0.2) is 0 Å². The van der Waals surface area contributed by atoms with Crippen LogP contribution in [0.2, 0.25) is 0 Å². The van der Waals surface area contributed by atoms with E-state index >= 15 is 0 Å². The Morgan fingerprint density at radius 1 is 1.15 bits per heavy atom. The SMILES string of the molecule is O=[N+]([O-])c1ccc(N2CCN(C3CC3)C3(CC3)C2)cc1. The van der Waals surface area contributed by atoms with Crippen LogP contribution in [0, 0.1) is 10.1 Å². The lowest BCUT2D eigenvalue weighted by Gasteiger charge is -2.43. The molecule has 1 aromatic carbocycles. The van der Waals surface area contributed by atoms with E-state index in [-0.39, 0.29) is 10.6 Å². The maximum Gasteiger partial charge on any atom is 0.269 e. The topological polar surface area (TPSA) is 49.6 Å². The van der Waals surface area contributed by atoms with Crippen molar-refractivity contribution in [3.63, 3.8) is 0 Å². The molecule has 3 fully saturated rings. The lowest BCUT2D eigenvalue weighted by molar-refractivity contribution is -0.384. The van der Waals surface area contributed by atoms with Gasteiger partial charge in [0.15, 0.2) is 0 Å². The second-order valence-corrected chi connectivity index (χ2v) is 6.34. The van der Waals surface area contributed by atoms with Crippen molar-refractivity contribution in [3.05, 3.63) is 34.4 Å². The molecule has 1 spiro atoms. The number of nitro groups is 1. The molecular weight excluding hydrogens is 254 g/mol. The van der Waals surface area contributed by atoms with Crippen LogP contribution in [-0.2, 0) is 0 Å². The summed E-state index contributed by atoms with van der Waals surface area (Å²) in [6.07, 6.45) is 5.37. The second-order valence-electron chi connectivity index (χ2n) is 6.34. The Balaban J connectivity index is 1.51. The van der Waals surface area contributed by atoms with Crippen molar-refractivity contribution in [2.75, 3.05) is 24.5 Å². The number of piperazine rings is 1. The zero-order valence-corrected chi connectivity index (χ0v) is 11.5. The van der Waals surface area contributed by atoms with Crippen molar-refractivity contribution in [2.24, 2.45) is 0 Å². The van der Waals surface area contributed by atoms with E-state index in [1.165, 1.54) is 25.7 Å². The third-order valence-electron chi connectivity index (χ3n) is 4.95. The van der Waals surface area contributed by atoms with Gasteiger partial charge >= 0.3 is 0 Å². The molecule has 0 bridgehead atoms. The highest BCUT2D eigenvalue weighted by Crippen LogP contribution is 2.49. The van der Waals surface area contributed by atoms with Crippen LogP contribution in [0.1, 0.15) is 25.7 Å². The Morgan fingerprint density at radius 3 is 2.40 bits per heavy atom. The Hall–Kier alpha value is -1.62. The van der Waals surface area contributed by atoms with Gasteiger partial charge in [0, 0.05) is 49.0 Å². The number of rotatable bonds is 3. The van der Waals surface area contributed by atoms with Crippen molar-refractivity contribution >= 4 is 11.4 Å². The lowest BCUT2D eigenvalue weighted by atomic mass is 10.1. The fourth-order valence-electron chi connectivity index (χ4n) is 3.54. The first-order valence-corrected chi connectivity index (χ1v) is 7.44. The minimum atomic E-state index is -0.336. The van der Waals surface area contributed by atoms with Crippen LogP contribution in [0.25, 0.3) is 0 Å². The Bertz CT molecular complexity index is 535. The van der Waals surface area contributed by atoms with Crippen molar-refractivity contribution in [1.29, 1.82) is 0 Å². The van der Waals surface area contributed by atoms with E-state index in [4.69, 9.17) is 0 Å². The van der Waals surface area contributed by atoms with Gasteiger partial charge in [0.25, 0.3) is 5.69 Å². The quantitative estimate of drug-likeness (QED) is 0.627. The molecule has 4 rings (SSSR count). The molecule has 106 valence electrons. The molecule has 0 radical (unpaired) electrons. The van der Waals surface area contributed by atoms with Gasteiger partial charge in [-0.3, -0.25) is 15.0 Å². The van der Waals surface area contributed by atoms with Gasteiger partial charge in [0.05, 0.1) is 4.92 Å². The average Bonchev–Trinajstić information content (AvgIpc) is 3.36. The fourth-order valence-corrected chi connectivity index (χ4v) is 3.54. The van der Waals surface area contributed by atoms with E-state index in [9.17, 15) is 10.1 Å². The van der Waals surface area contributed by atoms with Crippen LogP contribution in [0.3, 0.4) is 0 Å². The minimum Gasteiger partial charge on any atom is -0.368 e. The molecule has 0 N–H and O–H groups in total. The molecule has 2 aliphatic carbocycles. The van der Waals surface area contributed by atoms with Crippen molar-refractivity contribution < 1.29 is 4.92 Å². The first-order valence-electron chi connectivity index (χ1n) is 7.44. The summed E-state index contributed by atoms with van der Waals surface area (Å²) < 4.78 is 0. The number of benzene rings is 1. The van der Waals surface area contributed by atoms with Crippen LogP contribution in [-0.4, -0.2) is 41.0 Å². The van der Waals surface area contributed by atoms with Crippen LogP contribution in [0.15, 0.2) is 24.3 Å². The lowest BCUT2D eigenvalue weighted by Crippen LogP contribution is -2.55. The highest BCUT2D eigenvalue weighted by atomic mass is 16.6. The zero-order chi connectivity index (χ0) is 13.7. The maximum atomic E-state index is 10.7. The monoisotopic (exact) mass is 273 g/mol. The normalized spacial score (nSPS) is 24.9. The first-order chi connectivity index (χ1) is 9.68. The molecule has 5 heteroatoms. The van der Waals surface area contributed by atoms with E-state index in [0.717, 1.165) is 31.4 Å². The molecule has 5 nitrogen and oxygen atoms in total. The van der Waals surface area contributed by atoms with Gasteiger partial charge in [-0.05, 0) is 37.8 Å². The summed E-state index contributed by atoms with van der Waals surface area (Å²) in [5, 5.41) is 10.7. The minimum absolute atomic E-state index is 0.173. The third kappa shape index (κ3) is 1.97. The van der Waals surface area contributed by atoms with E-state index < -0.39 is 0 Å².